The molecule has 0 radical (unpaired) electrons. The molecule has 43 heavy (non-hydrogen) atoms. The molecule has 5 N–H and O–H groups in total. The first-order valence-electron chi connectivity index (χ1n) is 13.2. The van der Waals surface area contributed by atoms with Gasteiger partial charge in [-0.1, -0.05) is 0 Å². The van der Waals surface area contributed by atoms with Crippen LogP contribution in [0.15, 0.2) is 42.5 Å². The van der Waals surface area contributed by atoms with Gasteiger partial charge in [0.2, 0.25) is 11.5 Å². The largest absolute Gasteiger partial charge is 0.489 e. The molecular formula is C29H24F5N5O4. The van der Waals surface area contributed by atoms with E-state index in [0.717, 1.165) is 37.1 Å². The molecule has 1 saturated carbocycles. The molecule has 2 aliphatic rings. The van der Waals surface area contributed by atoms with Crippen molar-refractivity contribution in [1.82, 2.24) is 20.3 Å². The van der Waals surface area contributed by atoms with E-state index in [1.165, 1.54) is 25.1 Å². The Morgan fingerprint density at radius 2 is 1.84 bits per heavy atom. The molecule has 0 saturated heterocycles. The number of primary amides is 1. The van der Waals surface area contributed by atoms with E-state index in [2.05, 4.69) is 15.0 Å². The summed E-state index contributed by atoms with van der Waals surface area (Å²) in [4.78, 5) is 36.5. The zero-order valence-corrected chi connectivity index (χ0v) is 22.5. The minimum absolute atomic E-state index is 0.0569. The van der Waals surface area contributed by atoms with Gasteiger partial charge < -0.3 is 25.9 Å². The summed E-state index contributed by atoms with van der Waals surface area (Å²) in [5.41, 5.74) is -1.04. The van der Waals surface area contributed by atoms with E-state index in [4.69, 9.17) is 10.5 Å². The summed E-state index contributed by atoms with van der Waals surface area (Å²) >= 11 is 0. The van der Waals surface area contributed by atoms with Crippen LogP contribution in [0.1, 0.15) is 53.1 Å². The molecule has 224 valence electrons. The first kappa shape index (κ1) is 28.5. The lowest BCUT2D eigenvalue weighted by Gasteiger charge is -2.31. The lowest BCUT2D eigenvalue weighted by Crippen LogP contribution is -2.51. The van der Waals surface area contributed by atoms with Crippen molar-refractivity contribution in [2.45, 2.75) is 42.9 Å². The number of nitrogens with two attached hydrogens (primary N) is 1. The molecule has 4 aromatic rings. The van der Waals surface area contributed by atoms with E-state index < -0.39 is 52.9 Å². The van der Waals surface area contributed by atoms with E-state index in [9.17, 15) is 36.6 Å². The molecule has 1 aliphatic heterocycles. The fourth-order valence-corrected chi connectivity index (χ4v) is 5.02. The van der Waals surface area contributed by atoms with Crippen LogP contribution in [0, 0.1) is 11.6 Å². The van der Waals surface area contributed by atoms with Crippen LogP contribution in [0.25, 0.3) is 22.3 Å². The average Bonchev–Trinajstić information content (AvgIpc) is 3.62. The molecule has 3 heterocycles. The number of benzene rings is 2. The van der Waals surface area contributed by atoms with Gasteiger partial charge in [-0.05, 0) is 62.2 Å². The molecule has 2 aromatic carbocycles. The van der Waals surface area contributed by atoms with Gasteiger partial charge in [0.15, 0.2) is 0 Å². The fourth-order valence-electron chi connectivity index (χ4n) is 5.02. The van der Waals surface area contributed by atoms with Crippen LogP contribution in [0.3, 0.4) is 0 Å². The second-order valence-electron chi connectivity index (χ2n) is 11.0. The number of halogens is 5. The quantitative estimate of drug-likeness (QED) is 0.235. The second kappa shape index (κ2) is 9.73. The van der Waals surface area contributed by atoms with Gasteiger partial charge in [-0.25, -0.2) is 18.7 Å². The zero-order chi connectivity index (χ0) is 30.9. The number of alkyl halides is 3. The Hall–Kier alpha value is -4.59. The van der Waals surface area contributed by atoms with Crippen molar-refractivity contribution in [1.29, 1.82) is 0 Å². The van der Waals surface area contributed by atoms with E-state index in [1.807, 2.05) is 5.32 Å². The van der Waals surface area contributed by atoms with Gasteiger partial charge in [-0.2, -0.15) is 13.2 Å². The Bertz CT molecular complexity index is 1790. The van der Waals surface area contributed by atoms with Crippen molar-refractivity contribution in [3.63, 3.8) is 0 Å². The number of ether oxygens (including phenoxy) is 1. The summed E-state index contributed by atoms with van der Waals surface area (Å²) in [6, 6.07) is 7.54. The summed E-state index contributed by atoms with van der Waals surface area (Å²) < 4.78 is 77.8. The van der Waals surface area contributed by atoms with Crippen LogP contribution in [0.5, 0.6) is 5.75 Å². The number of imidazole rings is 1. The maximum atomic E-state index is 14.8. The highest BCUT2D eigenvalue weighted by atomic mass is 19.4. The predicted octanol–water partition coefficient (Wildman–Crippen LogP) is 4.10. The van der Waals surface area contributed by atoms with Crippen molar-refractivity contribution in [3.8, 4) is 17.0 Å². The third kappa shape index (κ3) is 4.75. The highest BCUT2D eigenvalue weighted by molar-refractivity contribution is 5.97. The second-order valence-corrected chi connectivity index (χ2v) is 11.0. The van der Waals surface area contributed by atoms with E-state index in [0.29, 0.717) is 5.82 Å². The van der Waals surface area contributed by atoms with Crippen molar-refractivity contribution >= 4 is 22.8 Å². The number of carbonyl (C=O) groups excluding carboxylic acids is 2. The maximum absolute atomic E-state index is 14.8. The number of fused-ring (bicyclic) bond motifs is 2. The average molecular weight is 602 g/mol. The van der Waals surface area contributed by atoms with Crippen LogP contribution < -0.4 is 15.8 Å². The SMILES string of the molecule is C[C@]1(C(N)=O)COc2c1cc(C(O)(CNC(=O)c1cc(F)c3[nH]c(C4CC4)nc3c1)C(F)(F)F)nc2-c1ccc(F)cc1. The standard InChI is InChI=1S/C29H24F5N5O4/c1-27(26(35)41)12-43-23-17(27)10-20(38-21(23)13-4-6-16(30)7-5-13)28(42,29(32,33)34)11-36-25(40)15-8-18(31)22-19(9-15)37-24(39-22)14-2-3-14/h4-10,14,42H,2-3,11-12H2,1H3,(H2,35,41)(H,36,40)(H,37,39)/t27-,28?/m0/s1. The normalized spacial score (nSPS) is 19.5. The molecule has 0 spiro atoms. The minimum atomic E-state index is -5.40. The number of nitrogens with one attached hydrogen (secondary N) is 2. The third-order valence-corrected chi connectivity index (χ3v) is 7.92. The van der Waals surface area contributed by atoms with Gasteiger partial charge in [0.1, 0.15) is 46.4 Å². The van der Waals surface area contributed by atoms with Crippen LogP contribution in [0.2, 0.25) is 0 Å². The molecule has 1 unspecified atom stereocenters. The fraction of sp³-hybridized carbons (Fsp3) is 0.310. The summed E-state index contributed by atoms with van der Waals surface area (Å²) in [5, 5.41) is 13.2. The number of rotatable bonds is 7. The predicted molar refractivity (Wildman–Crippen MR) is 142 cm³/mol. The number of aromatic amines is 1. The molecule has 9 nitrogen and oxygen atoms in total. The number of aromatic nitrogens is 3. The molecule has 1 aliphatic carbocycles. The van der Waals surface area contributed by atoms with Crippen LogP contribution in [-0.2, 0) is 15.8 Å². The number of carbonyl (C=O) groups is 2. The molecule has 1 fully saturated rings. The summed E-state index contributed by atoms with van der Waals surface area (Å²) in [6.45, 7) is -0.379. The Morgan fingerprint density at radius 1 is 1.14 bits per heavy atom. The van der Waals surface area contributed by atoms with Gasteiger partial charge in [0.05, 0.1) is 17.8 Å². The molecule has 2 amide bonds. The van der Waals surface area contributed by atoms with Crippen LogP contribution in [-0.4, -0.2) is 51.2 Å². The van der Waals surface area contributed by atoms with E-state index >= 15 is 0 Å². The van der Waals surface area contributed by atoms with Crippen LogP contribution >= 0.6 is 0 Å². The van der Waals surface area contributed by atoms with Crippen molar-refractivity contribution in [3.05, 3.63) is 76.7 Å². The number of H-pyrrole nitrogens is 1. The Morgan fingerprint density at radius 3 is 2.47 bits per heavy atom. The maximum Gasteiger partial charge on any atom is 0.424 e. The van der Waals surface area contributed by atoms with Crippen molar-refractivity contribution in [2.75, 3.05) is 13.2 Å². The number of hydrogen-bond acceptors (Lipinski definition) is 6. The summed E-state index contributed by atoms with van der Waals surface area (Å²) in [5.74, 6) is -2.79. The smallest absolute Gasteiger partial charge is 0.424 e. The third-order valence-electron chi connectivity index (χ3n) is 7.92. The van der Waals surface area contributed by atoms with Gasteiger partial charge in [-0.15, -0.1) is 0 Å². The highest BCUT2D eigenvalue weighted by Gasteiger charge is 2.57. The van der Waals surface area contributed by atoms with E-state index in [-0.39, 0.29) is 51.7 Å². The monoisotopic (exact) mass is 601 g/mol. The Kier molecular flexibility index (Phi) is 6.45. The van der Waals surface area contributed by atoms with Crippen molar-refractivity contribution < 1.29 is 41.4 Å². The summed E-state index contributed by atoms with van der Waals surface area (Å²) in [6.07, 6.45) is -3.63. The molecule has 0 bridgehead atoms. The number of nitrogens with zero attached hydrogens (tertiary/aromatic N) is 2. The lowest BCUT2D eigenvalue weighted by molar-refractivity contribution is -0.265. The summed E-state index contributed by atoms with van der Waals surface area (Å²) in [7, 11) is 0. The zero-order valence-electron chi connectivity index (χ0n) is 22.5. The molecular weight excluding hydrogens is 577 g/mol. The highest BCUT2D eigenvalue weighted by Crippen LogP contribution is 2.47. The number of pyridine rings is 1. The van der Waals surface area contributed by atoms with E-state index in [1.54, 1.807) is 0 Å². The first-order valence-corrected chi connectivity index (χ1v) is 13.2. The Labute approximate surface area is 240 Å². The van der Waals surface area contributed by atoms with Gasteiger partial charge in [0.25, 0.3) is 5.91 Å². The minimum Gasteiger partial charge on any atom is -0.489 e. The topological polar surface area (TPSA) is 143 Å². The molecule has 2 atom stereocenters. The Balaban J connectivity index is 1.39. The van der Waals surface area contributed by atoms with Gasteiger partial charge >= 0.3 is 6.18 Å². The van der Waals surface area contributed by atoms with Crippen LogP contribution in [0.4, 0.5) is 22.0 Å². The molecule has 2 aromatic heterocycles. The van der Waals surface area contributed by atoms with Crippen molar-refractivity contribution in [2.24, 2.45) is 5.73 Å². The molecule has 6 rings (SSSR count). The number of aliphatic hydroxyl groups is 1. The van der Waals surface area contributed by atoms with Gasteiger partial charge in [0, 0.05) is 22.6 Å². The molecule has 14 heteroatoms. The number of amides is 2. The number of hydrogen-bond donors (Lipinski definition) is 4. The van der Waals surface area contributed by atoms with Gasteiger partial charge in [-0.3, -0.25) is 9.59 Å². The lowest BCUT2D eigenvalue weighted by atomic mass is 9.81. The first-order chi connectivity index (χ1) is 20.2.